The van der Waals surface area contributed by atoms with Gasteiger partial charge in [-0.1, -0.05) is 0 Å². The minimum absolute atomic E-state index is 0.220. The summed E-state index contributed by atoms with van der Waals surface area (Å²) in [6, 6.07) is 1.88. The molecule has 0 atom stereocenters. The van der Waals surface area contributed by atoms with Crippen LogP contribution in [0, 0.1) is 0 Å². The minimum atomic E-state index is -0.220. The van der Waals surface area contributed by atoms with Gasteiger partial charge in [0.25, 0.3) is 0 Å². The van der Waals surface area contributed by atoms with Gasteiger partial charge in [-0.15, -0.1) is 11.3 Å². The third-order valence-corrected chi connectivity index (χ3v) is 2.91. The molecule has 5 heteroatoms. The smallest absolute Gasteiger partial charge is 0.146 e. The average Bonchev–Trinajstić information content (AvgIpc) is 2.79. The number of pyridine rings is 1. The molecule has 18 heavy (non-hydrogen) atoms. The summed E-state index contributed by atoms with van der Waals surface area (Å²) >= 11 is 1.63. The molecule has 2 aromatic rings. The van der Waals surface area contributed by atoms with Gasteiger partial charge in [-0.25, -0.2) is 0 Å². The van der Waals surface area contributed by atoms with Crippen molar-refractivity contribution in [2.24, 2.45) is 0 Å². The Morgan fingerprint density at radius 3 is 2.78 bits per heavy atom. The highest BCUT2D eigenvalue weighted by Gasteiger charge is 2.14. The molecule has 0 saturated heterocycles. The predicted molar refractivity (Wildman–Crippen MR) is 74.1 cm³/mol. The van der Waals surface area contributed by atoms with E-state index in [0.717, 1.165) is 18.0 Å². The lowest BCUT2D eigenvalue weighted by Gasteiger charge is -2.23. The van der Waals surface area contributed by atoms with Crippen LogP contribution in [0.15, 0.2) is 30.2 Å². The van der Waals surface area contributed by atoms with Crippen molar-refractivity contribution in [1.82, 2.24) is 9.97 Å². The highest BCUT2D eigenvalue weighted by Crippen LogP contribution is 2.27. The van der Waals surface area contributed by atoms with Gasteiger partial charge in [0.15, 0.2) is 0 Å². The van der Waals surface area contributed by atoms with Crippen LogP contribution in [0.5, 0.6) is 5.75 Å². The molecule has 0 amide bonds. The van der Waals surface area contributed by atoms with Crippen LogP contribution in [-0.4, -0.2) is 15.6 Å². The first-order valence-electron chi connectivity index (χ1n) is 5.79. The molecule has 0 saturated carbocycles. The zero-order valence-corrected chi connectivity index (χ0v) is 11.6. The van der Waals surface area contributed by atoms with Gasteiger partial charge in [0.05, 0.1) is 23.9 Å². The molecule has 96 valence electrons. The number of anilines is 1. The summed E-state index contributed by atoms with van der Waals surface area (Å²) in [4.78, 5) is 9.35. The third kappa shape index (κ3) is 3.70. The first-order valence-corrected chi connectivity index (χ1v) is 6.67. The van der Waals surface area contributed by atoms with Crippen LogP contribution in [0.4, 0.5) is 5.69 Å². The summed E-state index contributed by atoms with van der Waals surface area (Å²) in [5.74, 6) is 0.821. The summed E-state index contributed by atoms with van der Waals surface area (Å²) in [6.45, 7) is 6.82. The fraction of sp³-hybridized carbons (Fsp3) is 0.385. The maximum absolute atomic E-state index is 5.89. The molecule has 0 radical (unpaired) electrons. The van der Waals surface area contributed by atoms with Crippen molar-refractivity contribution in [3.8, 4) is 5.75 Å². The maximum atomic E-state index is 5.89. The van der Waals surface area contributed by atoms with Crippen molar-refractivity contribution >= 4 is 17.0 Å². The highest BCUT2D eigenvalue weighted by molar-refractivity contribution is 7.09. The molecule has 2 aromatic heterocycles. The first-order chi connectivity index (χ1) is 8.54. The normalized spacial score (nSPS) is 11.3. The number of hydrogen-bond acceptors (Lipinski definition) is 5. The summed E-state index contributed by atoms with van der Waals surface area (Å²) in [6.07, 6.45) is 5.37. The van der Waals surface area contributed by atoms with Crippen molar-refractivity contribution in [3.63, 3.8) is 0 Å². The van der Waals surface area contributed by atoms with Gasteiger partial charge in [0.2, 0.25) is 0 Å². The van der Waals surface area contributed by atoms with Gasteiger partial charge < -0.3 is 10.1 Å². The van der Waals surface area contributed by atoms with Gasteiger partial charge in [0.1, 0.15) is 11.4 Å². The monoisotopic (exact) mass is 263 g/mol. The van der Waals surface area contributed by atoms with Crippen molar-refractivity contribution in [2.75, 3.05) is 5.32 Å². The number of aromatic nitrogens is 2. The Hall–Kier alpha value is -1.62. The average molecular weight is 263 g/mol. The lowest BCUT2D eigenvalue weighted by Crippen LogP contribution is -2.23. The largest absolute Gasteiger partial charge is 0.486 e. The molecule has 0 aliphatic heterocycles. The minimum Gasteiger partial charge on any atom is -0.486 e. The van der Waals surface area contributed by atoms with Crippen molar-refractivity contribution in [3.05, 3.63) is 35.0 Å². The number of ether oxygens (including phenoxy) is 1. The number of thiazole rings is 1. The number of nitrogens with zero attached hydrogens (tertiary/aromatic N) is 2. The highest BCUT2D eigenvalue weighted by atomic mass is 32.1. The van der Waals surface area contributed by atoms with E-state index in [1.54, 1.807) is 23.7 Å². The Kier molecular flexibility index (Phi) is 3.81. The van der Waals surface area contributed by atoms with Crippen LogP contribution < -0.4 is 10.1 Å². The summed E-state index contributed by atoms with van der Waals surface area (Å²) < 4.78 is 5.89. The van der Waals surface area contributed by atoms with Crippen LogP contribution in [0.2, 0.25) is 0 Å². The van der Waals surface area contributed by atoms with Crippen LogP contribution >= 0.6 is 11.3 Å². The van der Waals surface area contributed by atoms with E-state index in [0.29, 0.717) is 0 Å². The fourth-order valence-corrected chi connectivity index (χ4v) is 1.98. The molecule has 0 fully saturated rings. The van der Waals surface area contributed by atoms with E-state index in [1.807, 2.05) is 38.5 Å². The van der Waals surface area contributed by atoms with E-state index in [-0.39, 0.29) is 5.60 Å². The second-order valence-electron chi connectivity index (χ2n) is 4.91. The maximum Gasteiger partial charge on any atom is 0.146 e. The SMILES string of the molecule is CC(C)(C)Oc1ccncc1NCc1cncs1. The number of rotatable bonds is 4. The molecule has 2 rings (SSSR count). The van der Waals surface area contributed by atoms with Gasteiger partial charge in [-0.05, 0) is 20.8 Å². The van der Waals surface area contributed by atoms with E-state index in [9.17, 15) is 0 Å². The second-order valence-corrected chi connectivity index (χ2v) is 5.88. The molecule has 0 aliphatic rings. The van der Waals surface area contributed by atoms with E-state index in [1.165, 1.54) is 4.88 Å². The van der Waals surface area contributed by atoms with Crippen LogP contribution in [-0.2, 0) is 6.54 Å². The molecular weight excluding hydrogens is 246 g/mol. The van der Waals surface area contributed by atoms with Gasteiger partial charge >= 0.3 is 0 Å². The van der Waals surface area contributed by atoms with E-state index >= 15 is 0 Å². The quantitative estimate of drug-likeness (QED) is 0.919. The lowest BCUT2D eigenvalue weighted by molar-refractivity contribution is 0.131. The van der Waals surface area contributed by atoms with Crippen LogP contribution in [0.25, 0.3) is 0 Å². The molecule has 0 aromatic carbocycles. The van der Waals surface area contributed by atoms with Gasteiger partial charge in [-0.2, -0.15) is 0 Å². The van der Waals surface area contributed by atoms with Crippen molar-refractivity contribution in [2.45, 2.75) is 32.9 Å². The third-order valence-electron chi connectivity index (χ3n) is 2.13. The Balaban J connectivity index is 2.07. The van der Waals surface area contributed by atoms with Crippen molar-refractivity contribution in [1.29, 1.82) is 0 Å². The van der Waals surface area contributed by atoms with E-state index < -0.39 is 0 Å². The zero-order chi connectivity index (χ0) is 13.0. The van der Waals surface area contributed by atoms with Crippen molar-refractivity contribution < 1.29 is 4.74 Å². The Bertz CT molecular complexity index is 491. The Labute approximate surface area is 111 Å². The van der Waals surface area contributed by atoms with Crippen LogP contribution in [0.1, 0.15) is 25.6 Å². The van der Waals surface area contributed by atoms with Crippen LogP contribution in [0.3, 0.4) is 0 Å². The molecule has 2 heterocycles. The molecule has 1 N–H and O–H groups in total. The second kappa shape index (κ2) is 5.35. The lowest BCUT2D eigenvalue weighted by atomic mass is 10.2. The number of hydrogen-bond donors (Lipinski definition) is 1. The molecular formula is C13H17N3OS. The zero-order valence-electron chi connectivity index (χ0n) is 10.8. The fourth-order valence-electron chi connectivity index (χ4n) is 1.45. The molecule has 4 nitrogen and oxygen atoms in total. The van der Waals surface area contributed by atoms with E-state index in [2.05, 4.69) is 15.3 Å². The number of nitrogens with one attached hydrogen (secondary N) is 1. The van der Waals surface area contributed by atoms with E-state index in [4.69, 9.17) is 4.74 Å². The topological polar surface area (TPSA) is 47.0 Å². The molecule has 0 aliphatic carbocycles. The summed E-state index contributed by atoms with van der Waals surface area (Å²) in [5, 5.41) is 3.32. The Morgan fingerprint density at radius 2 is 2.11 bits per heavy atom. The predicted octanol–water partition coefficient (Wildman–Crippen LogP) is 3.33. The molecule has 0 bridgehead atoms. The van der Waals surface area contributed by atoms with Gasteiger partial charge in [-0.3, -0.25) is 9.97 Å². The standard InChI is InChI=1S/C13H17N3OS/c1-13(2,3)17-12-4-5-14-8-11(12)16-7-10-6-15-9-18-10/h4-6,8-9,16H,7H2,1-3H3. The Morgan fingerprint density at radius 1 is 1.28 bits per heavy atom. The molecule has 0 unspecified atom stereocenters. The molecule has 0 spiro atoms. The van der Waals surface area contributed by atoms with Gasteiger partial charge in [0, 0.05) is 23.3 Å². The summed E-state index contributed by atoms with van der Waals surface area (Å²) in [5.41, 5.74) is 2.51. The summed E-state index contributed by atoms with van der Waals surface area (Å²) in [7, 11) is 0. The first kappa shape index (κ1) is 12.8.